The van der Waals surface area contributed by atoms with Crippen molar-refractivity contribution in [2.75, 3.05) is 5.32 Å². The van der Waals surface area contributed by atoms with Crippen molar-refractivity contribution in [1.29, 1.82) is 0 Å². The third-order valence-corrected chi connectivity index (χ3v) is 5.36. The Morgan fingerprint density at radius 3 is 2.55 bits per heavy atom. The molecule has 1 amide bonds. The third-order valence-electron chi connectivity index (χ3n) is 4.15. The zero-order valence-corrected chi connectivity index (χ0v) is 16.2. The first-order valence-corrected chi connectivity index (χ1v) is 9.33. The predicted molar refractivity (Wildman–Crippen MR) is 104 cm³/mol. The summed E-state index contributed by atoms with van der Waals surface area (Å²) < 4.78 is 28.6. The van der Waals surface area contributed by atoms with Gasteiger partial charge < -0.3 is 5.32 Å². The number of anilines is 1. The molecule has 4 aromatic rings. The van der Waals surface area contributed by atoms with Gasteiger partial charge in [0.25, 0.3) is 5.91 Å². The monoisotopic (exact) mass is 412 g/mol. The van der Waals surface area contributed by atoms with E-state index in [0.29, 0.717) is 27.1 Å². The van der Waals surface area contributed by atoms with E-state index in [0.717, 1.165) is 5.56 Å². The molecule has 10 heteroatoms. The van der Waals surface area contributed by atoms with Crippen LogP contribution in [0.4, 0.5) is 14.5 Å². The van der Waals surface area contributed by atoms with Crippen molar-refractivity contribution < 1.29 is 13.6 Å². The number of hydrogen-bond acceptors (Lipinski definition) is 6. The summed E-state index contributed by atoms with van der Waals surface area (Å²) in [4.78, 5) is 17.6. The number of carbonyl (C=O) groups excluding carboxylic acids is 1. The van der Waals surface area contributed by atoms with E-state index in [1.54, 1.807) is 26.0 Å². The van der Waals surface area contributed by atoms with E-state index < -0.39 is 5.82 Å². The maximum absolute atomic E-state index is 14.2. The van der Waals surface area contributed by atoms with Crippen LogP contribution in [0.25, 0.3) is 16.3 Å². The number of aromatic nitrogens is 5. The average Bonchev–Trinajstić information content (AvgIpc) is 3.29. The van der Waals surface area contributed by atoms with Gasteiger partial charge in [-0.15, -0.1) is 16.4 Å². The molecule has 29 heavy (non-hydrogen) atoms. The van der Waals surface area contributed by atoms with Gasteiger partial charge in [0.15, 0.2) is 5.82 Å². The molecule has 0 aliphatic carbocycles. The summed E-state index contributed by atoms with van der Waals surface area (Å²) in [6, 6.07) is 10.0. The fourth-order valence-corrected chi connectivity index (χ4v) is 3.68. The first kappa shape index (κ1) is 18.8. The minimum absolute atomic E-state index is 0.123. The Labute approximate surface area is 168 Å². The topological polar surface area (TPSA) is 85.6 Å². The molecule has 4 rings (SSSR count). The number of benzene rings is 2. The van der Waals surface area contributed by atoms with Crippen LogP contribution in [0.3, 0.4) is 0 Å². The Balaban J connectivity index is 1.60. The fraction of sp³-hybridized carbons (Fsp3) is 0.105. The summed E-state index contributed by atoms with van der Waals surface area (Å²) >= 11 is 1.20. The molecule has 0 unspecified atom stereocenters. The molecule has 2 heterocycles. The first-order valence-electron chi connectivity index (χ1n) is 8.52. The number of nitrogens with one attached hydrogen (secondary N) is 1. The van der Waals surface area contributed by atoms with Crippen molar-refractivity contribution in [1.82, 2.24) is 25.2 Å². The van der Waals surface area contributed by atoms with Crippen LogP contribution in [-0.4, -0.2) is 31.1 Å². The predicted octanol–water partition coefficient (Wildman–Crippen LogP) is 3.93. The van der Waals surface area contributed by atoms with E-state index in [-0.39, 0.29) is 17.4 Å². The third kappa shape index (κ3) is 3.74. The standard InChI is InChI=1S/C19H14F2N6OS/c1-10-17(29-19(22-10)12-3-5-13(20)6-4-12)18(28)23-14-7-8-15(21)16(9-14)27-11(2)24-25-26-27/h3-9H,1-2H3,(H,23,28). The number of carbonyl (C=O) groups is 1. The SMILES string of the molecule is Cc1nc(-c2ccc(F)cc2)sc1C(=O)Nc1ccc(F)c(-n2nnnc2C)c1. The lowest BCUT2D eigenvalue weighted by molar-refractivity contribution is 0.103. The van der Waals surface area contributed by atoms with Gasteiger partial charge in [-0.25, -0.2) is 13.8 Å². The second kappa shape index (κ2) is 7.47. The molecule has 2 aromatic carbocycles. The quantitative estimate of drug-likeness (QED) is 0.549. The molecule has 0 radical (unpaired) electrons. The van der Waals surface area contributed by atoms with Crippen molar-refractivity contribution in [3.8, 4) is 16.3 Å². The minimum Gasteiger partial charge on any atom is -0.321 e. The average molecular weight is 412 g/mol. The highest BCUT2D eigenvalue weighted by Gasteiger charge is 2.18. The van der Waals surface area contributed by atoms with Crippen LogP contribution in [0.15, 0.2) is 42.5 Å². The summed E-state index contributed by atoms with van der Waals surface area (Å²) in [6.45, 7) is 3.36. The summed E-state index contributed by atoms with van der Waals surface area (Å²) in [5.41, 5.74) is 1.78. The molecule has 0 aliphatic heterocycles. The Kier molecular flexibility index (Phi) is 4.85. The van der Waals surface area contributed by atoms with Crippen molar-refractivity contribution in [3.63, 3.8) is 0 Å². The van der Waals surface area contributed by atoms with Crippen LogP contribution in [0.2, 0.25) is 0 Å². The van der Waals surface area contributed by atoms with Gasteiger partial charge in [-0.2, -0.15) is 4.68 Å². The number of nitrogens with zero attached hydrogens (tertiary/aromatic N) is 5. The molecule has 2 aromatic heterocycles. The van der Waals surface area contributed by atoms with Gasteiger partial charge in [-0.05, 0) is 66.7 Å². The van der Waals surface area contributed by atoms with Crippen LogP contribution in [0, 0.1) is 25.5 Å². The highest BCUT2D eigenvalue weighted by Crippen LogP contribution is 2.29. The van der Waals surface area contributed by atoms with Crippen LogP contribution in [0.1, 0.15) is 21.2 Å². The molecule has 0 saturated carbocycles. The van der Waals surface area contributed by atoms with Crippen LogP contribution < -0.4 is 5.32 Å². The number of tetrazole rings is 1. The van der Waals surface area contributed by atoms with Gasteiger partial charge in [0.05, 0.1) is 5.69 Å². The van der Waals surface area contributed by atoms with E-state index in [9.17, 15) is 13.6 Å². The second-order valence-electron chi connectivity index (χ2n) is 6.20. The molecule has 0 aliphatic rings. The Bertz CT molecular complexity index is 1200. The van der Waals surface area contributed by atoms with Crippen LogP contribution in [0.5, 0.6) is 0 Å². The van der Waals surface area contributed by atoms with Crippen LogP contribution in [-0.2, 0) is 0 Å². The zero-order valence-electron chi connectivity index (χ0n) is 15.3. The number of amides is 1. The molecule has 0 spiro atoms. The lowest BCUT2D eigenvalue weighted by Crippen LogP contribution is -2.12. The summed E-state index contributed by atoms with van der Waals surface area (Å²) in [5, 5.41) is 14.3. The molecular weight excluding hydrogens is 398 g/mol. The molecular formula is C19H14F2N6OS. The minimum atomic E-state index is -0.522. The molecule has 0 bridgehead atoms. The van der Waals surface area contributed by atoms with Crippen molar-refractivity contribution in [2.45, 2.75) is 13.8 Å². The van der Waals surface area contributed by atoms with Gasteiger partial charge in [0.1, 0.15) is 27.2 Å². The van der Waals surface area contributed by atoms with E-state index >= 15 is 0 Å². The van der Waals surface area contributed by atoms with Gasteiger partial charge in [-0.3, -0.25) is 4.79 Å². The van der Waals surface area contributed by atoms with Gasteiger partial charge >= 0.3 is 0 Å². The zero-order chi connectivity index (χ0) is 20.5. The van der Waals surface area contributed by atoms with Gasteiger partial charge in [0.2, 0.25) is 0 Å². The maximum atomic E-state index is 14.2. The van der Waals surface area contributed by atoms with E-state index in [1.165, 1.54) is 46.4 Å². The fourth-order valence-electron chi connectivity index (χ4n) is 2.72. The molecule has 0 saturated heterocycles. The number of halogens is 2. The van der Waals surface area contributed by atoms with E-state index in [1.807, 2.05) is 0 Å². The molecule has 0 atom stereocenters. The first-order chi connectivity index (χ1) is 13.9. The Morgan fingerprint density at radius 2 is 1.86 bits per heavy atom. The van der Waals surface area contributed by atoms with E-state index in [4.69, 9.17) is 0 Å². The lowest BCUT2D eigenvalue weighted by Gasteiger charge is -2.08. The maximum Gasteiger partial charge on any atom is 0.267 e. The van der Waals surface area contributed by atoms with Gasteiger partial charge in [-0.1, -0.05) is 0 Å². The molecule has 0 fully saturated rings. The van der Waals surface area contributed by atoms with Crippen molar-refractivity contribution >= 4 is 22.9 Å². The molecule has 7 nitrogen and oxygen atoms in total. The lowest BCUT2D eigenvalue weighted by atomic mass is 10.2. The summed E-state index contributed by atoms with van der Waals surface area (Å²) in [7, 11) is 0. The molecule has 1 N–H and O–H groups in total. The summed E-state index contributed by atoms with van der Waals surface area (Å²) in [5.74, 6) is -0.829. The number of hydrogen-bond donors (Lipinski definition) is 1. The highest BCUT2D eigenvalue weighted by atomic mass is 32.1. The highest BCUT2D eigenvalue weighted by molar-refractivity contribution is 7.17. The van der Waals surface area contributed by atoms with Crippen molar-refractivity contribution in [3.05, 3.63) is 70.5 Å². The Hall–Kier alpha value is -3.53. The largest absolute Gasteiger partial charge is 0.321 e. The number of aryl methyl sites for hydroxylation is 2. The Morgan fingerprint density at radius 1 is 1.10 bits per heavy atom. The number of thiazole rings is 1. The molecule has 146 valence electrons. The normalized spacial score (nSPS) is 10.9. The van der Waals surface area contributed by atoms with E-state index in [2.05, 4.69) is 25.8 Å². The van der Waals surface area contributed by atoms with Crippen molar-refractivity contribution in [2.24, 2.45) is 0 Å². The smallest absolute Gasteiger partial charge is 0.267 e. The second-order valence-corrected chi connectivity index (χ2v) is 7.20. The number of rotatable bonds is 4. The van der Waals surface area contributed by atoms with Crippen LogP contribution >= 0.6 is 11.3 Å². The van der Waals surface area contributed by atoms with Gasteiger partial charge in [0, 0.05) is 11.3 Å². The summed E-state index contributed by atoms with van der Waals surface area (Å²) in [6.07, 6.45) is 0.